The molecule has 2 aromatic carbocycles. The lowest BCUT2D eigenvalue weighted by Gasteiger charge is -2.08. The van der Waals surface area contributed by atoms with Gasteiger partial charge >= 0.3 is 0 Å². The van der Waals surface area contributed by atoms with Crippen LogP contribution >= 0.6 is 11.6 Å². The predicted octanol–water partition coefficient (Wildman–Crippen LogP) is 3.35. The monoisotopic (exact) mass is 341 g/mol. The number of halogens is 1. The third-order valence-electron chi connectivity index (χ3n) is 3.33. The number of amides is 2. The van der Waals surface area contributed by atoms with Crippen LogP contribution in [-0.2, 0) is 0 Å². The van der Waals surface area contributed by atoms with Gasteiger partial charge in [-0.3, -0.25) is 9.59 Å². The molecule has 120 valence electrons. The first-order valence-electron chi connectivity index (χ1n) is 6.96. The van der Waals surface area contributed by atoms with E-state index >= 15 is 0 Å². The van der Waals surface area contributed by atoms with Crippen molar-refractivity contribution >= 4 is 29.1 Å². The zero-order valence-electron chi connectivity index (χ0n) is 12.3. The highest BCUT2D eigenvalue weighted by atomic mass is 35.5. The van der Waals surface area contributed by atoms with E-state index < -0.39 is 11.8 Å². The molecule has 3 aromatic rings. The number of nitrogens with two attached hydrogens (primary N) is 1. The number of para-hydroxylation sites is 1. The summed E-state index contributed by atoms with van der Waals surface area (Å²) in [5.74, 6) is -0.841. The summed E-state index contributed by atoms with van der Waals surface area (Å²) in [6, 6.07) is 13.3. The van der Waals surface area contributed by atoms with Crippen LogP contribution in [0.25, 0.3) is 11.3 Å². The highest BCUT2D eigenvalue weighted by Gasteiger charge is 2.20. The van der Waals surface area contributed by atoms with Crippen molar-refractivity contribution in [1.82, 2.24) is 4.98 Å². The highest BCUT2D eigenvalue weighted by Crippen LogP contribution is 2.25. The molecule has 0 spiro atoms. The Kier molecular flexibility index (Phi) is 4.31. The smallest absolute Gasteiger partial charge is 0.278 e. The first-order valence-corrected chi connectivity index (χ1v) is 7.33. The quantitative estimate of drug-likeness (QED) is 0.760. The molecule has 3 rings (SSSR count). The van der Waals surface area contributed by atoms with Crippen molar-refractivity contribution in [3.05, 3.63) is 71.2 Å². The Morgan fingerprint density at radius 1 is 1.08 bits per heavy atom. The van der Waals surface area contributed by atoms with E-state index in [1.165, 1.54) is 12.5 Å². The third-order valence-corrected chi connectivity index (χ3v) is 3.58. The Morgan fingerprint density at radius 3 is 2.50 bits per heavy atom. The van der Waals surface area contributed by atoms with Crippen LogP contribution in [0.5, 0.6) is 0 Å². The first kappa shape index (κ1) is 15.8. The molecule has 7 heteroatoms. The number of anilines is 1. The summed E-state index contributed by atoms with van der Waals surface area (Å²) in [6.45, 7) is 0. The number of carbonyl (C=O) groups excluding carboxylic acids is 2. The van der Waals surface area contributed by atoms with Gasteiger partial charge in [0.1, 0.15) is 0 Å². The van der Waals surface area contributed by atoms with E-state index in [4.69, 9.17) is 21.8 Å². The Morgan fingerprint density at radius 2 is 1.79 bits per heavy atom. The number of nitrogens with one attached hydrogen (secondary N) is 1. The fraction of sp³-hybridized carbons (Fsp3) is 0. The molecule has 0 bridgehead atoms. The number of hydrogen-bond acceptors (Lipinski definition) is 4. The van der Waals surface area contributed by atoms with Gasteiger partial charge in [-0.15, -0.1) is 0 Å². The fourth-order valence-corrected chi connectivity index (χ4v) is 2.33. The molecule has 24 heavy (non-hydrogen) atoms. The Bertz CT molecular complexity index is 903. The molecular formula is C17H12ClN3O3. The number of benzene rings is 2. The van der Waals surface area contributed by atoms with E-state index in [1.54, 1.807) is 42.5 Å². The molecule has 0 unspecified atom stereocenters. The van der Waals surface area contributed by atoms with E-state index in [0.717, 1.165) is 0 Å². The number of oxazole rings is 1. The van der Waals surface area contributed by atoms with Gasteiger partial charge in [-0.05, 0) is 36.4 Å². The molecule has 0 saturated heterocycles. The molecule has 6 nitrogen and oxygen atoms in total. The highest BCUT2D eigenvalue weighted by molar-refractivity contribution is 6.30. The summed E-state index contributed by atoms with van der Waals surface area (Å²) < 4.78 is 5.32. The molecule has 0 aliphatic heterocycles. The molecule has 0 aliphatic rings. The number of rotatable bonds is 4. The Hall–Kier alpha value is -3.12. The topological polar surface area (TPSA) is 98.2 Å². The van der Waals surface area contributed by atoms with E-state index in [9.17, 15) is 9.59 Å². The maximum absolute atomic E-state index is 12.5. The van der Waals surface area contributed by atoms with Crippen molar-refractivity contribution in [3.63, 3.8) is 0 Å². The third kappa shape index (κ3) is 3.13. The second kappa shape index (κ2) is 6.55. The van der Waals surface area contributed by atoms with Gasteiger partial charge in [0.25, 0.3) is 11.8 Å². The molecule has 0 atom stereocenters. The number of aromatic nitrogens is 1. The molecule has 0 saturated carbocycles. The van der Waals surface area contributed by atoms with E-state index in [0.29, 0.717) is 22.0 Å². The summed E-state index contributed by atoms with van der Waals surface area (Å²) in [5.41, 5.74) is 6.58. The van der Waals surface area contributed by atoms with Gasteiger partial charge in [0.2, 0.25) is 0 Å². The van der Waals surface area contributed by atoms with Crippen LogP contribution in [0, 0.1) is 0 Å². The largest absolute Gasteiger partial charge is 0.443 e. The molecule has 0 radical (unpaired) electrons. The van der Waals surface area contributed by atoms with E-state index in [-0.39, 0.29) is 11.3 Å². The summed E-state index contributed by atoms with van der Waals surface area (Å²) in [5, 5.41) is 3.20. The predicted molar refractivity (Wildman–Crippen MR) is 89.9 cm³/mol. The van der Waals surface area contributed by atoms with Gasteiger partial charge in [0, 0.05) is 10.6 Å². The van der Waals surface area contributed by atoms with Crippen molar-refractivity contribution < 1.29 is 14.0 Å². The number of primary amides is 1. The molecule has 1 heterocycles. The Balaban J connectivity index is 1.91. The molecule has 2 amide bonds. The zero-order chi connectivity index (χ0) is 17.1. The van der Waals surface area contributed by atoms with Gasteiger partial charge in [-0.25, -0.2) is 4.98 Å². The van der Waals surface area contributed by atoms with Gasteiger partial charge in [0.15, 0.2) is 17.8 Å². The second-order valence-corrected chi connectivity index (χ2v) is 5.34. The lowest BCUT2D eigenvalue weighted by Crippen LogP contribution is -2.18. The van der Waals surface area contributed by atoms with E-state index in [2.05, 4.69) is 10.3 Å². The number of carbonyl (C=O) groups is 2. The van der Waals surface area contributed by atoms with Crippen molar-refractivity contribution in [1.29, 1.82) is 0 Å². The van der Waals surface area contributed by atoms with Gasteiger partial charge in [-0.1, -0.05) is 23.7 Å². The van der Waals surface area contributed by atoms with Crippen molar-refractivity contribution in [2.24, 2.45) is 5.73 Å². The van der Waals surface area contributed by atoms with Gasteiger partial charge in [-0.2, -0.15) is 0 Å². The summed E-state index contributed by atoms with van der Waals surface area (Å²) in [6.07, 6.45) is 1.18. The average Bonchev–Trinajstić information content (AvgIpc) is 3.05. The van der Waals surface area contributed by atoms with Gasteiger partial charge in [0.05, 0.1) is 11.3 Å². The molecule has 0 aliphatic carbocycles. The van der Waals surface area contributed by atoms with Crippen LogP contribution < -0.4 is 11.1 Å². The molecule has 3 N–H and O–H groups in total. The molecule has 1 aromatic heterocycles. The number of nitrogens with zero attached hydrogens (tertiary/aromatic N) is 1. The molecular weight excluding hydrogens is 330 g/mol. The lowest BCUT2D eigenvalue weighted by atomic mass is 10.1. The SMILES string of the molecule is NC(=O)c1ccccc1NC(=O)c1ncoc1-c1ccc(Cl)cc1. The van der Waals surface area contributed by atoms with Crippen LogP contribution in [0.1, 0.15) is 20.8 Å². The normalized spacial score (nSPS) is 10.4. The number of hydrogen-bond donors (Lipinski definition) is 2. The minimum absolute atomic E-state index is 0.0941. The van der Waals surface area contributed by atoms with Crippen LogP contribution in [0.3, 0.4) is 0 Å². The fourth-order valence-electron chi connectivity index (χ4n) is 2.20. The molecule has 0 fully saturated rings. The maximum atomic E-state index is 12.5. The summed E-state index contributed by atoms with van der Waals surface area (Å²) >= 11 is 5.86. The van der Waals surface area contributed by atoms with E-state index in [1.807, 2.05) is 0 Å². The van der Waals surface area contributed by atoms with Crippen molar-refractivity contribution in [3.8, 4) is 11.3 Å². The standard InChI is InChI=1S/C17H12ClN3O3/c18-11-7-5-10(6-8-11)15-14(20-9-24-15)17(23)21-13-4-2-1-3-12(13)16(19)22/h1-9H,(H2,19,22)(H,21,23). The van der Waals surface area contributed by atoms with Crippen LogP contribution in [-0.4, -0.2) is 16.8 Å². The lowest BCUT2D eigenvalue weighted by molar-refractivity contribution is 0.100. The minimum atomic E-state index is -0.635. The maximum Gasteiger partial charge on any atom is 0.278 e. The van der Waals surface area contributed by atoms with Crippen LogP contribution in [0.4, 0.5) is 5.69 Å². The first-order chi connectivity index (χ1) is 11.6. The second-order valence-electron chi connectivity index (χ2n) is 4.90. The van der Waals surface area contributed by atoms with Crippen molar-refractivity contribution in [2.45, 2.75) is 0 Å². The minimum Gasteiger partial charge on any atom is -0.443 e. The van der Waals surface area contributed by atoms with Gasteiger partial charge < -0.3 is 15.5 Å². The van der Waals surface area contributed by atoms with Crippen molar-refractivity contribution in [2.75, 3.05) is 5.32 Å². The summed E-state index contributed by atoms with van der Waals surface area (Å²) in [7, 11) is 0. The summed E-state index contributed by atoms with van der Waals surface area (Å²) in [4.78, 5) is 27.9. The van der Waals surface area contributed by atoms with Crippen LogP contribution in [0.2, 0.25) is 5.02 Å². The Labute approximate surface area is 142 Å². The van der Waals surface area contributed by atoms with Crippen LogP contribution in [0.15, 0.2) is 59.3 Å². The average molecular weight is 342 g/mol. The zero-order valence-corrected chi connectivity index (χ0v) is 13.1.